The van der Waals surface area contributed by atoms with Gasteiger partial charge in [0, 0.05) is 37.0 Å². The minimum absolute atomic E-state index is 0.0257. The van der Waals surface area contributed by atoms with Gasteiger partial charge in [0.05, 0.1) is 11.4 Å². The first-order valence-corrected chi connectivity index (χ1v) is 9.54. The van der Waals surface area contributed by atoms with Crippen molar-refractivity contribution >= 4 is 35.2 Å². The minimum atomic E-state index is -0.0632. The van der Waals surface area contributed by atoms with Gasteiger partial charge in [-0.05, 0) is 12.1 Å². The molecule has 0 saturated carbocycles. The van der Waals surface area contributed by atoms with E-state index in [0.29, 0.717) is 31.9 Å². The monoisotopic (exact) mass is 361 g/mol. The lowest BCUT2D eigenvalue weighted by Gasteiger charge is -2.37. The van der Waals surface area contributed by atoms with Gasteiger partial charge in [0.2, 0.25) is 17.7 Å². The van der Waals surface area contributed by atoms with E-state index < -0.39 is 0 Å². The molecule has 2 aliphatic rings. The third-order valence-electron chi connectivity index (χ3n) is 4.54. The lowest BCUT2D eigenvalue weighted by molar-refractivity contribution is -0.141. The second-order valence-electron chi connectivity index (χ2n) is 6.60. The summed E-state index contributed by atoms with van der Waals surface area (Å²) < 4.78 is 0. The fraction of sp³-hybridized carbons (Fsp3) is 0.500. The largest absolute Gasteiger partial charge is 0.339 e. The van der Waals surface area contributed by atoms with Gasteiger partial charge in [0.1, 0.15) is 6.54 Å². The number of nitrogens with zero attached hydrogens (tertiary/aromatic N) is 3. The topological polar surface area (TPSA) is 60.9 Å². The molecule has 6 nitrogen and oxygen atoms in total. The van der Waals surface area contributed by atoms with E-state index >= 15 is 0 Å². The smallest absolute Gasteiger partial charge is 0.242 e. The maximum atomic E-state index is 12.7. The van der Waals surface area contributed by atoms with Gasteiger partial charge >= 0.3 is 0 Å². The second kappa shape index (κ2) is 7.47. The van der Waals surface area contributed by atoms with Crippen molar-refractivity contribution in [3.8, 4) is 0 Å². The molecule has 134 valence electrons. The number of amides is 3. The predicted octanol–water partition coefficient (Wildman–Crippen LogP) is 1.45. The van der Waals surface area contributed by atoms with Crippen LogP contribution in [0, 0.1) is 5.92 Å². The number of para-hydroxylation sites is 1. The van der Waals surface area contributed by atoms with E-state index in [-0.39, 0.29) is 30.2 Å². The van der Waals surface area contributed by atoms with Crippen molar-refractivity contribution in [3.63, 3.8) is 0 Å². The van der Waals surface area contributed by atoms with E-state index in [1.54, 1.807) is 9.80 Å². The Labute approximate surface area is 152 Å². The molecule has 0 aliphatic carbocycles. The summed E-state index contributed by atoms with van der Waals surface area (Å²) in [6.07, 6.45) is 0. The van der Waals surface area contributed by atoms with E-state index in [1.165, 1.54) is 11.8 Å². The number of fused-ring (bicyclic) bond motifs is 1. The van der Waals surface area contributed by atoms with Crippen molar-refractivity contribution < 1.29 is 14.4 Å². The molecule has 3 amide bonds. The van der Waals surface area contributed by atoms with Gasteiger partial charge in [-0.3, -0.25) is 14.4 Å². The summed E-state index contributed by atoms with van der Waals surface area (Å²) >= 11 is 1.51. The van der Waals surface area contributed by atoms with Gasteiger partial charge in [-0.1, -0.05) is 26.0 Å². The molecule has 2 aliphatic heterocycles. The van der Waals surface area contributed by atoms with Crippen LogP contribution in [0.2, 0.25) is 0 Å². The Hall–Kier alpha value is -2.02. The molecule has 0 N–H and O–H groups in total. The quantitative estimate of drug-likeness (QED) is 0.818. The molecule has 0 unspecified atom stereocenters. The average molecular weight is 361 g/mol. The molecular weight excluding hydrogens is 338 g/mol. The van der Waals surface area contributed by atoms with Crippen LogP contribution in [0.3, 0.4) is 0 Å². The molecule has 25 heavy (non-hydrogen) atoms. The van der Waals surface area contributed by atoms with Gasteiger partial charge in [0.15, 0.2) is 0 Å². The molecule has 2 heterocycles. The van der Waals surface area contributed by atoms with Crippen LogP contribution >= 0.6 is 11.8 Å². The second-order valence-corrected chi connectivity index (χ2v) is 7.61. The first-order chi connectivity index (χ1) is 12.0. The highest BCUT2D eigenvalue weighted by Gasteiger charge is 2.30. The van der Waals surface area contributed by atoms with Crippen LogP contribution in [-0.4, -0.2) is 66.0 Å². The fourth-order valence-electron chi connectivity index (χ4n) is 3.10. The molecule has 1 fully saturated rings. The Morgan fingerprint density at radius 1 is 1.08 bits per heavy atom. The summed E-state index contributed by atoms with van der Waals surface area (Å²) in [5.74, 6) is 0.366. The summed E-state index contributed by atoms with van der Waals surface area (Å²) in [5.41, 5.74) is 0.811. The van der Waals surface area contributed by atoms with E-state index in [9.17, 15) is 14.4 Å². The van der Waals surface area contributed by atoms with Crippen molar-refractivity contribution in [3.05, 3.63) is 24.3 Å². The molecule has 3 rings (SSSR count). The van der Waals surface area contributed by atoms with E-state index in [0.717, 1.165) is 10.6 Å². The Kier molecular flexibility index (Phi) is 5.32. The Morgan fingerprint density at radius 3 is 2.40 bits per heavy atom. The predicted molar refractivity (Wildman–Crippen MR) is 97.5 cm³/mol. The number of carbonyl (C=O) groups is 3. The number of thioether (sulfide) groups is 1. The van der Waals surface area contributed by atoms with Crippen LogP contribution in [0.25, 0.3) is 0 Å². The van der Waals surface area contributed by atoms with Crippen LogP contribution in [0.4, 0.5) is 5.69 Å². The molecule has 0 aromatic heterocycles. The number of rotatable bonds is 3. The summed E-state index contributed by atoms with van der Waals surface area (Å²) in [5, 5.41) is 0. The van der Waals surface area contributed by atoms with Crippen molar-refractivity contribution in [1.82, 2.24) is 9.80 Å². The highest BCUT2D eigenvalue weighted by atomic mass is 32.2. The maximum absolute atomic E-state index is 12.7. The van der Waals surface area contributed by atoms with Crippen LogP contribution < -0.4 is 4.90 Å². The number of hydrogen-bond donors (Lipinski definition) is 0. The van der Waals surface area contributed by atoms with E-state index in [2.05, 4.69) is 0 Å². The number of benzene rings is 1. The zero-order valence-corrected chi connectivity index (χ0v) is 15.4. The SMILES string of the molecule is CC(C)C(=O)N1CCN(C(=O)CN2C(=O)CSc3ccccc32)CC1. The molecular formula is C18H23N3O3S. The highest BCUT2D eigenvalue weighted by molar-refractivity contribution is 8.00. The van der Waals surface area contributed by atoms with Crippen LogP contribution in [0.1, 0.15) is 13.8 Å². The molecule has 7 heteroatoms. The molecule has 1 aromatic carbocycles. The molecule has 0 atom stereocenters. The van der Waals surface area contributed by atoms with Crippen LogP contribution in [0.5, 0.6) is 0 Å². The van der Waals surface area contributed by atoms with Gasteiger partial charge in [0.25, 0.3) is 0 Å². The zero-order chi connectivity index (χ0) is 18.0. The summed E-state index contributed by atoms with van der Waals surface area (Å²) in [7, 11) is 0. The number of piperazine rings is 1. The number of hydrogen-bond acceptors (Lipinski definition) is 4. The van der Waals surface area contributed by atoms with Crippen LogP contribution in [-0.2, 0) is 14.4 Å². The van der Waals surface area contributed by atoms with Crippen molar-refractivity contribution in [2.75, 3.05) is 43.4 Å². The zero-order valence-electron chi connectivity index (χ0n) is 14.6. The van der Waals surface area contributed by atoms with E-state index in [4.69, 9.17) is 0 Å². The van der Waals surface area contributed by atoms with E-state index in [1.807, 2.05) is 43.0 Å². The first-order valence-electron chi connectivity index (χ1n) is 8.56. The minimum Gasteiger partial charge on any atom is -0.339 e. The lowest BCUT2D eigenvalue weighted by Crippen LogP contribution is -2.54. The lowest BCUT2D eigenvalue weighted by atomic mass is 10.1. The molecule has 0 bridgehead atoms. The van der Waals surface area contributed by atoms with Gasteiger partial charge in [-0.2, -0.15) is 0 Å². The third kappa shape index (κ3) is 3.81. The normalized spacial score (nSPS) is 17.7. The average Bonchev–Trinajstić information content (AvgIpc) is 2.63. The Bertz CT molecular complexity index is 684. The van der Waals surface area contributed by atoms with Crippen molar-refractivity contribution in [2.45, 2.75) is 18.7 Å². The van der Waals surface area contributed by atoms with Crippen LogP contribution in [0.15, 0.2) is 29.2 Å². The third-order valence-corrected chi connectivity index (χ3v) is 5.59. The molecule has 0 radical (unpaired) electrons. The van der Waals surface area contributed by atoms with Crippen molar-refractivity contribution in [1.29, 1.82) is 0 Å². The van der Waals surface area contributed by atoms with Gasteiger partial charge in [-0.25, -0.2) is 0 Å². The summed E-state index contributed by atoms with van der Waals surface area (Å²) in [6.45, 7) is 6.00. The Balaban J connectivity index is 1.62. The van der Waals surface area contributed by atoms with Gasteiger partial charge in [-0.15, -0.1) is 11.8 Å². The summed E-state index contributed by atoms with van der Waals surface area (Å²) in [6, 6.07) is 7.67. The van der Waals surface area contributed by atoms with Crippen molar-refractivity contribution in [2.24, 2.45) is 5.92 Å². The Morgan fingerprint density at radius 2 is 1.72 bits per heavy atom. The molecule has 0 spiro atoms. The fourth-order valence-corrected chi connectivity index (χ4v) is 4.04. The first kappa shape index (κ1) is 17.8. The summed E-state index contributed by atoms with van der Waals surface area (Å²) in [4.78, 5) is 43.1. The molecule has 1 saturated heterocycles. The van der Waals surface area contributed by atoms with Gasteiger partial charge < -0.3 is 14.7 Å². The number of carbonyl (C=O) groups excluding carboxylic acids is 3. The maximum Gasteiger partial charge on any atom is 0.242 e. The number of anilines is 1. The standard InChI is InChI=1S/C18H23N3O3S/c1-13(2)18(24)20-9-7-19(8-10-20)16(22)11-21-14-5-3-4-6-15(14)25-12-17(21)23/h3-6,13H,7-12H2,1-2H3. The molecule has 1 aromatic rings. The highest BCUT2D eigenvalue weighted by Crippen LogP contribution is 2.34.